The molecule has 0 aliphatic heterocycles. The number of pyridine rings is 1. The molecule has 148 valence electrons. The van der Waals surface area contributed by atoms with Crippen LogP contribution in [-0.2, 0) is 11.0 Å². The molecule has 0 saturated heterocycles. The standard InChI is InChI=1S/C19H18FN3O3S.H2O/c1-11-8-18(24)22-17-7-4-12(9-14(11)17)21-19(25)15-10-13(5-6-16(15)20)27(26)23(2)3;/h4-10H,1-3H3,(H,21,25)(H,22,24);1H2. The van der Waals surface area contributed by atoms with E-state index in [0.717, 1.165) is 17.0 Å². The van der Waals surface area contributed by atoms with Crippen molar-refractivity contribution in [1.29, 1.82) is 0 Å². The van der Waals surface area contributed by atoms with Crippen LogP contribution in [0.3, 0.4) is 0 Å². The number of rotatable bonds is 4. The topological polar surface area (TPSA) is 114 Å². The molecule has 1 amide bonds. The summed E-state index contributed by atoms with van der Waals surface area (Å²) >= 11 is 0. The molecule has 4 N–H and O–H groups in total. The summed E-state index contributed by atoms with van der Waals surface area (Å²) in [5, 5.41) is 3.42. The number of hydrogen-bond donors (Lipinski definition) is 2. The molecule has 0 radical (unpaired) electrons. The first-order valence-corrected chi connectivity index (χ1v) is 9.21. The number of hydrogen-bond acceptors (Lipinski definition) is 3. The Morgan fingerprint density at radius 1 is 1.14 bits per heavy atom. The third-order valence-electron chi connectivity index (χ3n) is 4.02. The van der Waals surface area contributed by atoms with Gasteiger partial charge in [-0.1, -0.05) is 0 Å². The minimum atomic E-state index is -1.49. The molecule has 3 aromatic rings. The zero-order valence-corrected chi connectivity index (χ0v) is 16.3. The maximum Gasteiger partial charge on any atom is 0.258 e. The van der Waals surface area contributed by atoms with Crippen LogP contribution in [0.2, 0.25) is 0 Å². The predicted molar refractivity (Wildman–Crippen MR) is 107 cm³/mol. The number of anilines is 1. The Morgan fingerprint density at radius 2 is 1.86 bits per heavy atom. The number of amides is 1. The SMILES string of the molecule is Cc1cc(=O)[nH]c2ccc(NC(=O)c3cc(S(=O)N(C)C)ccc3F)cc12.O. The Labute approximate surface area is 163 Å². The number of aromatic amines is 1. The molecule has 7 nitrogen and oxygen atoms in total. The lowest BCUT2D eigenvalue weighted by Crippen LogP contribution is -2.18. The molecular weight excluding hydrogens is 385 g/mol. The van der Waals surface area contributed by atoms with Gasteiger partial charge in [-0.25, -0.2) is 12.9 Å². The zero-order chi connectivity index (χ0) is 19.7. The van der Waals surface area contributed by atoms with Gasteiger partial charge in [0, 0.05) is 22.7 Å². The van der Waals surface area contributed by atoms with E-state index in [-0.39, 0.29) is 16.6 Å². The van der Waals surface area contributed by atoms with E-state index >= 15 is 0 Å². The first-order chi connectivity index (χ1) is 12.8. The van der Waals surface area contributed by atoms with Crippen LogP contribution in [0.25, 0.3) is 10.9 Å². The minimum Gasteiger partial charge on any atom is -0.412 e. The second-order valence-electron chi connectivity index (χ2n) is 6.23. The number of carbonyl (C=O) groups excluding carboxylic acids is 1. The van der Waals surface area contributed by atoms with Crippen LogP contribution in [0.1, 0.15) is 15.9 Å². The lowest BCUT2D eigenvalue weighted by molar-refractivity contribution is 0.102. The van der Waals surface area contributed by atoms with Crippen molar-refractivity contribution in [3.63, 3.8) is 0 Å². The van der Waals surface area contributed by atoms with Gasteiger partial charge in [0.05, 0.1) is 10.5 Å². The number of nitrogens with zero attached hydrogens (tertiary/aromatic N) is 1. The number of carbonyl (C=O) groups is 1. The Bertz CT molecular complexity index is 1130. The Kier molecular flexibility index (Phi) is 6.45. The third kappa shape index (κ3) is 4.33. The van der Waals surface area contributed by atoms with E-state index in [9.17, 15) is 18.2 Å². The molecule has 0 bridgehead atoms. The maximum atomic E-state index is 14.1. The summed E-state index contributed by atoms with van der Waals surface area (Å²) in [6.45, 7) is 1.79. The highest BCUT2D eigenvalue weighted by Crippen LogP contribution is 2.21. The molecular formula is C19H20FN3O4S. The maximum absolute atomic E-state index is 14.1. The number of fused-ring (bicyclic) bond motifs is 1. The van der Waals surface area contributed by atoms with Gasteiger partial charge < -0.3 is 15.8 Å². The lowest BCUT2D eigenvalue weighted by atomic mass is 10.1. The molecule has 1 aromatic heterocycles. The quantitative estimate of drug-likeness (QED) is 0.692. The van der Waals surface area contributed by atoms with E-state index in [1.807, 2.05) is 0 Å². The highest BCUT2D eigenvalue weighted by atomic mass is 32.2. The molecule has 0 aliphatic carbocycles. The van der Waals surface area contributed by atoms with E-state index < -0.39 is 22.7 Å². The lowest BCUT2D eigenvalue weighted by Gasteiger charge is -2.12. The van der Waals surface area contributed by atoms with E-state index in [0.29, 0.717) is 16.1 Å². The van der Waals surface area contributed by atoms with Crippen LogP contribution in [0.4, 0.5) is 10.1 Å². The van der Waals surface area contributed by atoms with Crippen molar-refractivity contribution in [2.24, 2.45) is 0 Å². The average molecular weight is 405 g/mol. The Hall–Kier alpha value is -2.88. The smallest absolute Gasteiger partial charge is 0.258 e. The summed E-state index contributed by atoms with van der Waals surface area (Å²) in [6.07, 6.45) is 0. The van der Waals surface area contributed by atoms with Crippen molar-refractivity contribution in [2.45, 2.75) is 11.8 Å². The third-order valence-corrected chi connectivity index (χ3v) is 5.34. The summed E-state index contributed by atoms with van der Waals surface area (Å²) in [4.78, 5) is 27.1. The van der Waals surface area contributed by atoms with Gasteiger partial charge in [0.1, 0.15) is 16.8 Å². The predicted octanol–water partition coefficient (Wildman–Crippen LogP) is 1.99. The van der Waals surface area contributed by atoms with Crippen LogP contribution in [0.15, 0.2) is 52.2 Å². The number of nitrogens with one attached hydrogen (secondary N) is 2. The fourth-order valence-corrected chi connectivity index (χ4v) is 3.52. The van der Waals surface area contributed by atoms with Gasteiger partial charge in [-0.2, -0.15) is 0 Å². The summed E-state index contributed by atoms with van der Waals surface area (Å²) in [7, 11) is 1.76. The van der Waals surface area contributed by atoms with E-state index in [4.69, 9.17) is 0 Å². The summed E-state index contributed by atoms with van der Waals surface area (Å²) in [5.74, 6) is -1.35. The van der Waals surface area contributed by atoms with Crippen LogP contribution in [0, 0.1) is 12.7 Å². The van der Waals surface area contributed by atoms with Crippen LogP contribution >= 0.6 is 0 Å². The summed E-state index contributed by atoms with van der Waals surface area (Å²) in [6, 6.07) is 10.3. The molecule has 2 aromatic carbocycles. The number of aromatic nitrogens is 1. The number of halogens is 1. The summed E-state index contributed by atoms with van der Waals surface area (Å²) in [5.41, 5.74) is 1.47. The molecule has 0 spiro atoms. The fourth-order valence-electron chi connectivity index (χ4n) is 2.70. The van der Waals surface area contributed by atoms with Crippen molar-refractivity contribution in [1.82, 2.24) is 9.29 Å². The second-order valence-corrected chi connectivity index (χ2v) is 7.93. The highest BCUT2D eigenvalue weighted by Gasteiger charge is 2.16. The second kappa shape index (κ2) is 8.42. The fraction of sp³-hybridized carbons (Fsp3) is 0.158. The monoisotopic (exact) mass is 405 g/mol. The molecule has 9 heteroatoms. The van der Waals surface area contributed by atoms with Gasteiger partial charge in [0.15, 0.2) is 0 Å². The van der Waals surface area contributed by atoms with Crippen molar-refractivity contribution in [2.75, 3.05) is 19.4 Å². The number of aryl methyl sites for hydroxylation is 1. The molecule has 0 saturated carbocycles. The molecule has 28 heavy (non-hydrogen) atoms. The van der Waals surface area contributed by atoms with Crippen molar-refractivity contribution in [3.05, 3.63) is 69.8 Å². The summed E-state index contributed by atoms with van der Waals surface area (Å²) < 4.78 is 27.8. The molecule has 0 fully saturated rings. The van der Waals surface area contributed by atoms with E-state index in [1.54, 1.807) is 39.2 Å². The Morgan fingerprint density at radius 3 is 2.54 bits per heavy atom. The largest absolute Gasteiger partial charge is 0.412 e. The number of benzene rings is 2. The molecule has 1 unspecified atom stereocenters. The average Bonchev–Trinajstić information content (AvgIpc) is 2.61. The molecule has 1 heterocycles. The first kappa shape index (κ1) is 21.4. The van der Waals surface area contributed by atoms with Gasteiger partial charge in [-0.05, 0) is 63.0 Å². The van der Waals surface area contributed by atoms with Crippen molar-refractivity contribution in [3.8, 4) is 0 Å². The number of H-pyrrole nitrogens is 1. The van der Waals surface area contributed by atoms with Crippen molar-refractivity contribution < 1.29 is 18.9 Å². The zero-order valence-electron chi connectivity index (χ0n) is 15.5. The van der Waals surface area contributed by atoms with E-state index in [2.05, 4.69) is 10.3 Å². The van der Waals surface area contributed by atoms with Crippen molar-refractivity contribution >= 4 is 33.5 Å². The van der Waals surface area contributed by atoms with Gasteiger partial charge in [0.2, 0.25) is 5.56 Å². The molecule has 1 atom stereocenters. The van der Waals surface area contributed by atoms with Gasteiger partial charge in [-0.3, -0.25) is 9.59 Å². The van der Waals surface area contributed by atoms with Crippen LogP contribution < -0.4 is 10.9 Å². The van der Waals surface area contributed by atoms with Gasteiger partial charge >= 0.3 is 0 Å². The Balaban J connectivity index is 0.00000280. The van der Waals surface area contributed by atoms with Crippen LogP contribution in [0.5, 0.6) is 0 Å². The van der Waals surface area contributed by atoms with Gasteiger partial charge in [-0.15, -0.1) is 0 Å². The van der Waals surface area contributed by atoms with E-state index in [1.165, 1.54) is 22.5 Å². The molecule has 3 rings (SSSR count). The van der Waals surface area contributed by atoms with Gasteiger partial charge in [0.25, 0.3) is 5.91 Å². The normalized spacial score (nSPS) is 11.9. The first-order valence-electron chi connectivity index (χ1n) is 8.10. The highest BCUT2D eigenvalue weighted by molar-refractivity contribution is 7.82. The molecule has 0 aliphatic rings. The van der Waals surface area contributed by atoms with Crippen LogP contribution in [-0.4, -0.2) is 39.0 Å². The minimum absolute atomic E-state index is 0.